The first-order chi connectivity index (χ1) is 14.4. The summed E-state index contributed by atoms with van der Waals surface area (Å²) in [6, 6.07) is 14.0. The third kappa shape index (κ3) is 3.37. The molecule has 0 unspecified atom stereocenters. The highest BCUT2D eigenvalue weighted by atomic mass is 19.1. The third-order valence-electron chi connectivity index (χ3n) is 4.92. The number of benzene rings is 3. The molecule has 150 valence electrons. The molecule has 4 rings (SSSR count). The number of hydrogen-bond donors (Lipinski definition) is 1. The van der Waals surface area contributed by atoms with E-state index in [2.05, 4.69) is 0 Å². The van der Waals surface area contributed by atoms with Crippen LogP contribution in [0.15, 0.2) is 65.1 Å². The van der Waals surface area contributed by atoms with E-state index in [-0.39, 0.29) is 23.3 Å². The number of aromatic carboxylic acids is 1. The standard InChI is InChI=1S/C24H16F2O4/c1-2-20(27)22-18-11-14(17-12-15(24(28)29)5-9-19(17)26)6-10-21(18)30-23(22)13-3-7-16(25)8-4-13/h3-12H,2H2,1H3,(H,28,29). The van der Waals surface area contributed by atoms with Gasteiger partial charge >= 0.3 is 5.97 Å². The summed E-state index contributed by atoms with van der Waals surface area (Å²) >= 11 is 0. The van der Waals surface area contributed by atoms with E-state index in [1.807, 2.05) is 0 Å². The van der Waals surface area contributed by atoms with E-state index < -0.39 is 17.6 Å². The molecular weight excluding hydrogens is 390 g/mol. The summed E-state index contributed by atoms with van der Waals surface area (Å²) in [6.07, 6.45) is 0.218. The fourth-order valence-corrected chi connectivity index (χ4v) is 3.40. The summed E-state index contributed by atoms with van der Waals surface area (Å²) in [7, 11) is 0. The Morgan fingerprint density at radius 2 is 1.63 bits per heavy atom. The lowest BCUT2D eigenvalue weighted by Gasteiger charge is -2.06. The average Bonchev–Trinajstić information content (AvgIpc) is 3.12. The first-order valence-corrected chi connectivity index (χ1v) is 9.28. The number of Topliss-reactive ketones (excluding diaryl/α,β-unsaturated/α-hetero) is 1. The van der Waals surface area contributed by atoms with Gasteiger partial charge in [-0.3, -0.25) is 4.79 Å². The fraction of sp³-hybridized carbons (Fsp3) is 0.0833. The minimum Gasteiger partial charge on any atom is -0.478 e. The Labute approximate surface area is 170 Å². The molecule has 0 bridgehead atoms. The molecule has 0 aliphatic carbocycles. The molecule has 1 N–H and O–H groups in total. The van der Waals surface area contributed by atoms with Gasteiger partial charge in [-0.05, 0) is 60.2 Å². The largest absolute Gasteiger partial charge is 0.478 e. The van der Waals surface area contributed by atoms with Crippen LogP contribution in [-0.4, -0.2) is 16.9 Å². The molecule has 1 heterocycles. The Bertz CT molecular complexity index is 1290. The molecule has 3 aromatic carbocycles. The number of carboxylic acids is 1. The number of carbonyl (C=O) groups is 2. The van der Waals surface area contributed by atoms with Gasteiger partial charge < -0.3 is 9.52 Å². The highest BCUT2D eigenvalue weighted by molar-refractivity contribution is 6.12. The van der Waals surface area contributed by atoms with Crippen molar-refractivity contribution in [2.24, 2.45) is 0 Å². The molecule has 0 spiro atoms. The highest BCUT2D eigenvalue weighted by Gasteiger charge is 2.22. The third-order valence-corrected chi connectivity index (χ3v) is 4.92. The van der Waals surface area contributed by atoms with Gasteiger partial charge in [0.15, 0.2) is 5.78 Å². The Morgan fingerprint density at radius 3 is 2.30 bits per heavy atom. The van der Waals surface area contributed by atoms with Crippen LogP contribution < -0.4 is 0 Å². The van der Waals surface area contributed by atoms with Crippen molar-refractivity contribution in [3.63, 3.8) is 0 Å². The summed E-state index contributed by atoms with van der Waals surface area (Å²) in [5.41, 5.74) is 1.77. The van der Waals surface area contributed by atoms with Crippen LogP contribution >= 0.6 is 0 Å². The molecule has 0 saturated carbocycles. The lowest BCUT2D eigenvalue weighted by atomic mass is 9.97. The lowest BCUT2D eigenvalue weighted by Crippen LogP contribution is -1.99. The normalized spacial score (nSPS) is 11.0. The first-order valence-electron chi connectivity index (χ1n) is 9.28. The topological polar surface area (TPSA) is 67.5 Å². The molecule has 1 aromatic heterocycles. The van der Waals surface area contributed by atoms with Crippen LogP contribution in [-0.2, 0) is 0 Å². The Hall–Kier alpha value is -3.80. The average molecular weight is 406 g/mol. The minimum absolute atomic E-state index is 0.0458. The van der Waals surface area contributed by atoms with E-state index in [1.165, 1.54) is 36.4 Å². The van der Waals surface area contributed by atoms with Gasteiger partial charge in [0.1, 0.15) is 23.0 Å². The second-order valence-corrected chi connectivity index (χ2v) is 6.80. The summed E-state index contributed by atoms with van der Waals surface area (Å²) in [5.74, 6) is -2.01. The molecule has 4 aromatic rings. The molecule has 6 heteroatoms. The van der Waals surface area contributed by atoms with Gasteiger partial charge in [0.2, 0.25) is 0 Å². The van der Waals surface area contributed by atoms with E-state index in [0.29, 0.717) is 33.4 Å². The van der Waals surface area contributed by atoms with Crippen molar-refractivity contribution >= 4 is 22.7 Å². The van der Waals surface area contributed by atoms with Crippen LogP contribution in [0, 0.1) is 11.6 Å². The smallest absolute Gasteiger partial charge is 0.335 e. The van der Waals surface area contributed by atoms with Gasteiger partial charge in [-0.15, -0.1) is 0 Å². The zero-order valence-corrected chi connectivity index (χ0v) is 15.9. The van der Waals surface area contributed by atoms with Crippen LogP contribution in [0.1, 0.15) is 34.1 Å². The second kappa shape index (κ2) is 7.55. The summed E-state index contributed by atoms with van der Waals surface area (Å²) < 4.78 is 33.7. The molecule has 0 fully saturated rings. The molecule has 0 radical (unpaired) electrons. The maximum Gasteiger partial charge on any atom is 0.335 e. The minimum atomic E-state index is -1.17. The number of halogens is 2. The van der Waals surface area contributed by atoms with Crippen LogP contribution in [0.4, 0.5) is 8.78 Å². The van der Waals surface area contributed by atoms with Crippen LogP contribution in [0.2, 0.25) is 0 Å². The van der Waals surface area contributed by atoms with Gasteiger partial charge in [-0.1, -0.05) is 13.0 Å². The predicted molar refractivity (Wildman–Crippen MR) is 109 cm³/mol. The van der Waals surface area contributed by atoms with E-state index in [1.54, 1.807) is 25.1 Å². The molecule has 4 nitrogen and oxygen atoms in total. The summed E-state index contributed by atoms with van der Waals surface area (Å²) in [4.78, 5) is 24.0. The zero-order chi connectivity index (χ0) is 21.4. The Morgan fingerprint density at radius 1 is 0.933 bits per heavy atom. The number of furan rings is 1. The maximum atomic E-state index is 14.4. The monoisotopic (exact) mass is 406 g/mol. The Balaban J connectivity index is 1.95. The van der Waals surface area contributed by atoms with Crippen molar-refractivity contribution in [3.8, 4) is 22.5 Å². The van der Waals surface area contributed by atoms with Crippen LogP contribution in [0.25, 0.3) is 33.4 Å². The van der Waals surface area contributed by atoms with E-state index >= 15 is 0 Å². The van der Waals surface area contributed by atoms with Crippen LogP contribution in [0.3, 0.4) is 0 Å². The number of carbonyl (C=O) groups excluding carboxylic acids is 1. The molecule has 30 heavy (non-hydrogen) atoms. The van der Waals surface area contributed by atoms with E-state index in [4.69, 9.17) is 4.42 Å². The van der Waals surface area contributed by atoms with Crippen molar-refractivity contribution in [1.82, 2.24) is 0 Å². The second-order valence-electron chi connectivity index (χ2n) is 6.80. The van der Waals surface area contributed by atoms with Gasteiger partial charge in [0.25, 0.3) is 0 Å². The highest BCUT2D eigenvalue weighted by Crippen LogP contribution is 2.37. The lowest BCUT2D eigenvalue weighted by molar-refractivity contribution is 0.0696. The zero-order valence-electron chi connectivity index (χ0n) is 15.9. The van der Waals surface area contributed by atoms with Crippen molar-refractivity contribution in [2.75, 3.05) is 0 Å². The number of hydrogen-bond acceptors (Lipinski definition) is 3. The molecule has 0 aliphatic heterocycles. The van der Waals surface area contributed by atoms with E-state index in [0.717, 1.165) is 6.07 Å². The van der Waals surface area contributed by atoms with Gasteiger partial charge in [-0.2, -0.15) is 0 Å². The maximum absolute atomic E-state index is 14.4. The van der Waals surface area contributed by atoms with Crippen molar-refractivity contribution in [2.45, 2.75) is 13.3 Å². The number of carboxylic acid groups (broad SMARTS) is 1. The fourth-order valence-electron chi connectivity index (χ4n) is 3.40. The number of ketones is 1. The number of fused-ring (bicyclic) bond motifs is 1. The quantitative estimate of drug-likeness (QED) is 0.393. The SMILES string of the molecule is CCC(=O)c1c(-c2ccc(F)cc2)oc2ccc(-c3cc(C(=O)O)ccc3F)cc12. The molecule has 0 atom stereocenters. The molecule has 0 amide bonds. The Kier molecular flexibility index (Phi) is 4.91. The summed E-state index contributed by atoms with van der Waals surface area (Å²) in [5, 5.41) is 9.69. The van der Waals surface area contributed by atoms with Crippen molar-refractivity contribution < 1.29 is 27.9 Å². The van der Waals surface area contributed by atoms with Gasteiger partial charge in [0.05, 0.1) is 11.1 Å². The van der Waals surface area contributed by atoms with Gasteiger partial charge in [-0.25, -0.2) is 13.6 Å². The van der Waals surface area contributed by atoms with Crippen LogP contribution in [0.5, 0.6) is 0 Å². The molecule has 0 aliphatic rings. The summed E-state index contributed by atoms with van der Waals surface area (Å²) in [6.45, 7) is 1.72. The van der Waals surface area contributed by atoms with Crippen molar-refractivity contribution in [3.05, 3.63) is 83.4 Å². The van der Waals surface area contributed by atoms with E-state index in [9.17, 15) is 23.5 Å². The predicted octanol–water partition coefficient (Wildman–Crippen LogP) is 6.34. The van der Waals surface area contributed by atoms with Gasteiger partial charge in [0, 0.05) is 22.9 Å². The number of rotatable bonds is 5. The molecule has 0 saturated heterocycles. The molecular formula is C24H16F2O4. The van der Waals surface area contributed by atoms with Crippen molar-refractivity contribution in [1.29, 1.82) is 0 Å². The first kappa shape index (κ1) is 19.5.